The molecule has 0 atom stereocenters. The maximum absolute atomic E-state index is 4.63. The highest BCUT2D eigenvalue weighted by atomic mass is 15.1. The molecule has 1 aromatic carbocycles. The van der Waals surface area contributed by atoms with E-state index in [1.807, 2.05) is 0 Å². The molecular formula is C15H16N2. The zero-order chi connectivity index (χ0) is 11.8. The summed E-state index contributed by atoms with van der Waals surface area (Å²) in [5.74, 6) is 1.08. The van der Waals surface area contributed by atoms with E-state index in [4.69, 9.17) is 0 Å². The maximum atomic E-state index is 4.63. The lowest BCUT2D eigenvalue weighted by Crippen LogP contribution is -2.01. The molecule has 0 bridgehead atoms. The Balaban J connectivity index is 2.27. The average Bonchev–Trinajstić information content (AvgIpc) is 2.65. The summed E-state index contributed by atoms with van der Waals surface area (Å²) in [5, 5.41) is 0. The van der Waals surface area contributed by atoms with E-state index in [2.05, 4.69) is 59.8 Å². The number of imidazole rings is 1. The van der Waals surface area contributed by atoms with Crippen molar-refractivity contribution in [2.24, 2.45) is 0 Å². The third kappa shape index (κ3) is 1.70. The van der Waals surface area contributed by atoms with Crippen LogP contribution in [0.1, 0.15) is 24.2 Å². The SMILES string of the molecule is Cc1ccc2nc(C)n(C3=CC=CCC3)c2c1. The Kier molecular flexibility index (Phi) is 2.36. The standard InChI is InChI=1S/C15H16N2/c1-11-8-9-14-15(10-11)17(12(2)16-14)13-6-4-3-5-7-13/h3-4,6,8-10H,5,7H2,1-2H3. The van der Waals surface area contributed by atoms with Crippen molar-refractivity contribution in [1.82, 2.24) is 9.55 Å². The van der Waals surface area contributed by atoms with Gasteiger partial charge in [0.1, 0.15) is 5.82 Å². The van der Waals surface area contributed by atoms with Crippen LogP contribution in [0.25, 0.3) is 16.7 Å². The molecule has 2 aromatic rings. The van der Waals surface area contributed by atoms with Crippen LogP contribution in [0.3, 0.4) is 0 Å². The fourth-order valence-corrected chi connectivity index (χ4v) is 2.44. The van der Waals surface area contributed by atoms with E-state index in [0.29, 0.717) is 0 Å². The molecule has 2 nitrogen and oxygen atoms in total. The number of hydrogen-bond donors (Lipinski definition) is 0. The van der Waals surface area contributed by atoms with Crippen molar-refractivity contribution in [1.29, 1.82) is 0 Å². The third-order valence-electron chi connectivity index (χ3n) is 3.26. The van der Waals surface area contributed by atoms with Gasteiger partial charge in [0.25, 0.3) is 0 Å². The van der Waals surface area contributed by atoms with Gasteiger partial charge >= 0.3 is 0 Å². The third-order valence-corrected chi connectivity index (χ3v) is 3.26. The average molecular weight is 224 g/mol. The summed E-state index contributed by atoms with van der Waals surface area (Å²) >= 11 is 0. The lowest BCUT2D eigenvalue weighted by atomic mass is 10.1. The van der Waals surface area contributed by atoms with Gasteiger partial charge in [0.2, 0.25) is 0 Å². The number of benzene rings is 1. The number of rotatable bonds is 1. The quantitative estimate of drug-likeness (QED) is 0.719. The molecule has 0 saturated carbocycles. The Morgan fingerprint density at radius 1 is 1.24 bits per heavy atom. The van der Waals surface area contributed by atoms with E-state index < -0.39 is 0 Å². The first-order chi connectivity index (χ1) is 8.25. The molecule has 1 heterocycles. The Morgan fingerprint density at radius 2 is 2.12 bits per heavy atom. The van der Waals surface area contributed by atoms with Crippen molar-refractivity contribution in [3.05, 3.63) is 47.8 Å². The summed E-state index contributed by atoms with van der Waals surface area (Å²) in [4.78, 5) is 4.63. The number of nitrogens with zero attached hydrogens (tertiary/aromatic N) is 2. The number of allylic oxidation sites excluding steroid dienone is 4. The van der Waals surface area contributed by atoms with Gasteiger partial charge in [-0.25, -0.2) is 4.98 Å². The molecule has 0 unspecified atom stereocenters. The molecule has 0 fully saturated rings. The van der Waals surface area contributed by atoms with Crippen LogP contribution < -0.4 is 0 Å². The van der Waals surface area contributed by atoms with E-state index in [1.165, 1.54) is 16.8 Å². The highest BCUT2D eigenvalue weighted by Gasteiger charge is 2.11. The monoisotopic (exact) mass is 224 g/mol. The van der Waals surface area contributed by atoms with Crippen molar-refractivity contribution in [2.75, 3.05) is 0 Å². The second kappa shape index (κ2) is 3.88. The van der Waals surface area contributed by atoms with E-state index in [-0.39, 0.29) is 0 Å². The minimum absolute atomic E-state index is 1.08. The molecule has 2 heteroatoms. The predicted molar refractivity (Wildman–Crippen MR) is 71.9 cm³/mol. The fourth-order valence-electron chi connectivity index (χ4n) is 2.44. The van der Waals surface area contributed by atoms with Gasteiger partial charge in [0.15, 0.2) is 0 Å². The Morgan fingerprint density at radius 3 is 2.88 bits per heavy atom. The number of aryl methyl sites for hydroxylation is 2. The first-order valence-electron chi connectivity index (χ1n) is 6.07. The van der Waals surface area contributed by atoms with Crippen molar-refractivity contribution in [2.45, 2.75) is 26.7 Å². The first kappa shape index (κ1) is 10.3. The molecule has 1 aliphatic carbocycles. The largest absolute Gasteiger partial charge is 0.300 e. The zero-order valence-electron chi connectivity index (χ0n) is 10.3. The van der Waals surface area contributed by atoms with Gasteiger partial charge in [-0.3, -0.25) is 0 Å². The molecule has 0 N–H and O–H groups in total. The molecule has 17 heavy (non-hydrogen) atoms. The lowest BCUT2D eigenvalue weighted by molar-refractivity contribution is 0.921. The van der Waals surface area contributed by atoms with Gasteiger partial charge in [-0.15, -0.1) is 0 Å². The summed E-state index contributed by atoms with van der Waals surface area (Å²) in [6, 6.07) is 6.44. The highest BCUT2D eigenvalue weighted by Crippen LogP contribution is 2.25. The van der Waals surface area contributed by atoms with Crippen LogP contribution in [-0.4, -0.2) is 9.55 Å². The van der Waals surface area contributed by atoms with Crippen LogP contribution >= 0.6 is 0 Å². The van der Waals surface area contributed by atoms with Crippen LogP contribution in [0, 0.1) is 13.8 Å². The molecule has 0 aliphatic heterocycles. The Labute approximate surface area is 101 Å². The second-order valence-electron chi connectivity index (χ2n) is 4.61. The lowest BCUT2D eigenvalue weighted by Gasteiger charge is -2.13. The molecule has 86 valence electrons. The fraction of sp³-hybridized carbons (Fsp3) is 0.267. The van der Waals surface area contributed by atoms with E-state index in [9.17, 15) is 0 Å². The summed E-state index contributed by atoms with van der Waals surface area (Å²) in [5.41, 5.74) is 4.94. The van der Waals surface area contributed by atoms with Crippen molar-refractivity contribution in [3.8, 4) is 0 Å². The van der Waals surface area contributed by atoms with Gasteiger partial charge in [0.05, 0.1) is 11.0 Å². The van der Waals surface area contributed by atoms with Crippen molar-refractivity contribution >= 4 is 16.7 Å². The van der Waals surface area contributed by atoms with Gasteiger partial charge in [-0.1, -0.05) is 18.2 Å². The minimum Gasteiger partial charge on any atom is -0.300 e. The van der Waals surface area contributed by atoms with Crippen LogP contribution in [0.2, 0.25) is 0 Å². The Hall–Kier alpha value is -1.83. The normalized spacial score (nSPS) is 15.3. The topological polar surface area (TPSA) is 17.8 Å². The van der Waals surface area contributed by atoms with E-state index >= 15 is 0 Å². The molecule has 1 aromatic heterocycles. The van der Waals surface area contributed by atoms with Gasteiger partial charge in [-0.2, -0.15) is 0 Å². The van der Waals surface area contributed by atoms with Crippen molar-refractivity contribution in [3.63, 3.8) is 0 Å². The molecule has 1 aliphatic rings. The molecule has 3 rings (SSSR count). The number of fused-ring (bicyclic) bond motifs is 1. The molecule has 0 saturated heterocycles. The number of aromatic nitrogens is 2. The van der Waals surface area contributed by atoms with Gasteiger partial charge < -0.3 is 4.57 Å². The zero-order valence-corrected chi connectivity index (χ0v) is 10.3. The minimum atomic E-state index is 1.08. The molecule has 0 radical (unpaired) electrons. The van der Waals surface area contributed by atoms with Gasteiger partial charge in [0, 0.05) is 5.70 Å². The van der Waals surface area contributed by atoms with Crippen LogP contribution in [0.5, 0.6) is 0 Å². The predicted octanol–water partition coefficient (Wildman–Crippen LogP) is 3.84. The van der Waals surface area contributed by atoms with Crippen molar-refractivity contribution < 1.29 is 0 Å². The van der Waals surface area contributed by atoms with Gasteiger partial charge in [-0.05, 0) is 50.5 Å². The van der Waals surface area contributed by atoms with E-state index in [1.54, 1.807) is 0 Å². The highest BCUT2D eigenvalue weighted by molar-refractivity contribution is 5.81. The number of hydrogen-bond acceptors (Lipinski definition) is 1. The summed E-state index contributed by atoms with van der Waals surface area (Å²) in [6.45, 7) is 4.20. The molecule has 0 spiro atoms. The second-order valence-corrected chi connectivity index (χ2v) is 4.61. The summed E-state index contributed by atoms with van der Waals surface area (Å²) < 4.78 is 2.28. The smallest absolute Gasteiger partial charge is 0.111 e. The van der Waals surface area contributed by atoms with E-state index in [0.717, 1.165) is 24.2 Å². The summed E-state index contributed by atoms with van der Waals surface area (Å²) in [6.07, 6.45) is 8.76. The summed E-state index contributed by atoms with van der Waals surface area (Å²) in [7, 11) is 0. The van der Waals surface area contributed by atoms with Crippen LogP contribution in [0.15, 0.2) is 36.4 Å². The Bertz CT molecular complexity index is 630. The first-order valence-corrected chi connectivity index (χ1v) is 6.07. The van der Waals surface area contributed by atoms with Crippen LogP contribution in [0.4, 0.5) is 0 Å². The maximum Gasteiger partial charge on any atom is 0.111 e. The molecule has 0 amide bonds. The molecular weight excluding hydrogens is 208 g/mol. The van der Waals surface area contributed by atoms with Crippen LogP contribution in [-0.2, 0) is 0 Å².